The summed E-state index contributed by atoms with van der Waals surface area (Å²) >= 11 is 0. The van der Waals surface area contributed by atoms with Gasteiger partial charge in [0, 0.05) is 16.7 Å². The first-order valence-corrected chi connectivity index (χ1v) is 7.91. The van der Waals surface area contributed by atoms with Crippen LogP contribution in [0.1, 0.15) is 24.0 Å². The molecule has 5 rings (SSSR count). The van der Waals surface area contributed by atoms with Crippen LogP contribution in [0.3, 0.4) is 0 Å². The van der Waals surface area contributed by atoms with Gasteiger partial charge in [-0.25, -0.2) is 4.39 Å². The van der Waals surface area contributed by atoms with Crippen LogP contribution in [0.15, 0.2) is 23.9 Å². The number of alkyl halides is 4. The second kappa shape index (κ2) is 4.20. The normalized spacial score (nSPS) is 34.8. The molecule has 4 atom stereocenters. The molecule has 3 aliphatic rings. The number of benzene rings is 1. The van der Waals surface area contributed by atoms with E-state index in [-0.39, 0.29) is 18.4 Å². The van der Waals surface area contributed by atoms with Gasteiger partial charge in [0.05, 0.1) is 23.4 Å². The number of aliphatic hydroxyl groups excluding tert-OH is 1. The van der Waals surface area contributed by atoms with Gasteiger partial charge in [0.2, 0.25) is 0 Å². The largest absolute Gasteiger partial charge is 0.415 e. The van der Waals surface area contributed by atoms with Gasteiger partial charge >= 0.3 is 6.18 Å². The highest BCUT2D eigenvalue weighted by molar-refractivity contribution is 5.93. The highest BCUT2D eigenvalue weighted by atomic mass is 19.4. The van der Waals surface area contributed by atoms with E-state index in [1.807, 2.05) is 0 Å². The highest BCUT2D eigenvalue weighted by Gasteiger charge is 2.62. The van der Waals surface area contributed by atoms with Crippen molar-refractivity contribution in [3.8, 4) is 0 Å². The number of aromatic amines is 1. The molecule has 3 aliphatic carbocycles. The van der Waals surface area contributed by atoms with E-state index < -0.39 is 35.4 Å². The van der Waals surface area contributed by atoms with Crippen LogP contribution in [0.4, 0.5) is 17.6 Å². The van der Waals surface area contributed by atoms with Crippen LogP contribution in [-0.2, 0) is 6.42 Å². The molecule has 3 nitrogen and oxygen atoms in total. The molecule has 2 bridgehead atoms. The number of H-pyrrole nitrogens is 1. The number of hydrogen-bond acceptors (Lipinski definition) is 2. The quantitative estimate of drug-likeness (QED) is 0.722. The molecule has 0 amide bonds. The Hall–Kier alpha value is -1.89. The van der Waals surface area contributed by atoms with Crippen LogP contribution < -0.4 is 0 Å². The third kappa shape index (κ3) is 1.58. The molecular weight excluding hydrogens is 324 g/mol. The minimum Gasteiger partial charge on any atom is -0.388 e. The second-order valence-electron chi connectivity index (χ2n) is 7.20. The predicted molar refractivity (Wildman–Crippen MR) is 78.8 cm³/mol. The van der Waals surface area contributed by atoms with Crippen LogP contribution in [0, 0.1) is 11.3 Å². The molecule has 1 aromatic carbocycles. The lowest BCUT2D eigenvalue weighted by Crippen LogP contribution is -2.38. The Labute approximate surface area is 134 Å². The topological polar surface area (TPSA) is 48.9 Å². The molecule has 0 saturated heterocycles. The Balaban J connectivity index is 1.86. The molecule has 7 heteroatoms. The number of halogens is 4. The zero-order valence-corrected chi connectivity index (χ0v) is 12.5. The fourth-order valence-electron chi connectivity index (χ4n) is 5.16. The van der Waals surface area contributed by atoms with Crippen molar-refractivity contribution < 1.29 is 22.7 Å². The number of allylic oxidation sites excluding steroid dienone is 1. The SMILES string of the molecule is O[C@H]1C(C(F)(F)F)=C2c3ccc4[nH]ncc4c3CC23C[C@H]1[C@@H](F)C3. The summed E-state index contributed by atoms with van der Waals surface area (Å²) < 4.78 is 55.6. The van der Waals surface area contributed by atoms with Gasteiger partial charge in [-0.3, -0.25) is 5.10 Å². The molecule has 1 heterocycles. The number of fused-ring (bicyclic) bond motifs is 5. The molecule has 126 valence electrons. The third-order valence-corrected chi connectivity index (χ3v) is 6.00. The van der Waals surface area contributed by atoms with Gasteiger partial charge in [-0.15, -0.1) is 0 Å². The Morgan fingerprint density at radius 3 is 2.79 bits per heavy atom. The summed E-state index contributed by atoms with van der Waals surface area (Å²) in [6.07, 6.45) is -5.60. The van der Waals surface area contributed by atoms with E-state index in [1.165, 1.54) is 0 Å². The van der Waals surface area contributed by atoms with Crippen molar-refractivity contribution in [1.29, 1.82) is 0 Å². The summed E-state index contributed by atoms with van der Waals surface area (Å²) in [7, 11) is 0. The van der Waals surface area contributed by atoms with Crippen molar-refractivity contribution in [3.63, 3.8) is 0 Å². The van der Waals surface area contributed by atoms with Crippen molar-refractivity contribution in [2.45, 2.75) is 37.7 Å². The van der Waals surface area contributed by atoms with Gasteiger partial charge in [0.25, 0.3) is 0 Å². The first-order valence-electron chi connectivity index (χ1n) is 7.91. The van der Waals surface area contributed by atoms with Crippen molar-refractivity contribution in [2.75, 3.05) is 0 Å². The van der Waals surface area contributed by atoms with E-state index in [9.17, 15) is 22.7 Å². The molecule has 2 aromatic rings. The third-order valence-electron chi connectivity index (χ3n) is 6.00. The second-order valence-corrected chi connectivity index (χ2v) is 7.20. The molecule has 1 fully saturated rings. The number of rotatable bonds is 0. The number of nitrogens with one attached hydrogen (secondary N) is 1. The summed E-state index contributed by atoms with van der Waals surface area (Å²) in [5.41, 5.74) is 0.326. The minimum absolute atomic E-state index is 0.0393. The lowest BCUT2D eigenvalue weighted by molar-refractivity contribution is -0.112. The average Bonchev–Trinajstić information content (AvgIpc) is 3.14. The van der Waals surface area contributed by atoms with Gasteiger partial charge in [-0.2, -0.15) is 18.3 Å². The van der Waals surface area contributed by atoms with Crippen LogP contribution in [0.25, 0.3) is 16.5 Å². The maximum absolute atomic E-state index is 14.4. The van der Waals surface area contributed by atoms with E-state index in [4.69, 9.17) is 0 Å². The summed E-state index contributed by atoms with van der Waals surface area (Å²) in [5, 5.41) is 17.8. The lowest BCUT2D eigenvalue weighted by atomic mass is 9.70. The number of aromatic nitrogens is 2. The Bertz CT molecular complexity index is 900. The molecule has 1 aromatic heterocycles. The number of aliphatic hydroxyl groups is 1. The number of nitrogens with zero attached hydrogens (tertiary/aromatic N) is 1. The fraction of sp³-hybridized carbons (Fsp3) is 0.471. The van der Waals surface area contributed by atoms with Crippen molar-refractivity contribution >= 4 is 16.5 Å². The zero-order chi connectivity index (χ0) is 16.9. The molecule has 1 saturated carbocycles. The molecule has 1 unspecified atom stereocenters. The Morgan fingerprint density at radius 1 is 1.25 bits per heavy atom. The molecule has 0 aliphatic heterocycles. The molecular formula is C17H14F4N2O. The minimum atomic E-state index is -4.67. The van der Waals surface area contributed by atoms with E-state index >= 15 is 0 Å². The maximum Gasteiger partial charge on any atom is 0.415 e. The summed E-state index contributed by atoms with van der Waals surface area (Å²) in [6.45, 7) is 0. The van der Waals surface area contributed by atoms with Crippen LogP contribution in [0.5, 0.6) is 0 Å². The zero-order valence-electron chi connectivity index (χ0n) is 12.5. The molecule has 24 heavy (non-hydrogen) atoms. The summed E-state index contributed by atoms with van der Waals surface area (Å²) in [5.74, 6) is -0.973. The molecule has 0 radical (unpaired) electrons. The predicted octanol–water partition coefficient (Wildman–Crippen LogP) is 3.54. The highest BCUT2D eigenvalue weighted by Crippen LogP contribution is 2.66. The fourth-order valence-corrected chi connectivity index (χ4v) is 5.16. The summed E-state index contributed by atoms with van der Waals surface area (Å²) in [6, 6.07) is 3.34. The standard InChI is InChI=1S/C17H14F4N2O/c18-11-5-16-3-8-7(1-2-12-10(8)6-22-23-12)13(16)14(17(19,20)21)15(24)9(11)4-16/h1-2,6,9,11,15,24H,3-5H2,(H,22,23)/t9-,11-,15+,16?/m0/s1. The Kier molecular flexibility index (Phi) is 2.53. The van der Waals surface area contributed by atoms with E-state index in [1.54, 1.807) is 18.3 Å². The van der Waals surface area contributed by atoms with E-state index in [2.05, 4.69) is 10.2 Å². The van der Waals surface area contributed by atoms with Crippen LogP contribution >= 0.6 is 0 Å². The smallest absolute Gasteiger partial charge is 0.388 e. The van der Waals surface area contributed by atoms with E-state index in [0.717, 1.165) is 16.5 Å². The average molecular weight is 338 g/mol. The van der Waals surface area contributed by atoms with Gasteiger partial charge in [-0.1, -0.05) is 6.07 Å². The van der Waals surface area contributed by atoms with Crippen LogP contribution in [0.2, 0.25) is 0 Å². The van der Waals surface area contributed by atoms with Gasteiger partial charge in [0.15, 0.2) is 0 Å². The first kappa shape index (κ1) is 14.5. The van der Waals surface area contributed by atoms with Crippen molar-refractivity contribution in [1.82, 2.24) is 10.2 Å². The Morgan fingerprint density at radius 2 is 2.04 bits per heavy atom. The van der Waals surface area contributed by atoms with E-state index in [0.29, 0.717) is 12.0 Å². The van der Waals surface area contributed by atoms with Crippen molar-refractivity contribution in [3.05, 3.63) is 35.0 Å². The maximum atomic E-state index is 14.4. The van der Waals surface area contributed by atoms with Crippen LogP contribution in [-0.4, -0.2) is 33.8 Å². The lowest BCUT2D eigenvalue weighted by Gasteiger charge is -2.36. The summed E-state index contributed by atoms with van der Waals surface area (Å²) in [4.78, 5) is 0. The van der Waals surface area contributed by atoms with Gasteiger partial charge in [-0.05, 0) is 42.0 Å². The van der Waals surface area contributed by atoms with Crippen molar-refractivity contribution in [2.24, 2.45) is 11.3 Å². The first-order chi connectivity index (χ1) is 11.3. The molecule has 1 spiro atoms. The monoisotopic (exact) mass is 338 g/mol. The number of hydrogen-bond donors (Lipinski definition) is 2. The molecule has 2 N–H and O–H groups in total. The van der Waals surface area contributed by atoms with Gasteiger partial charge < -0.3 is 5.11 Å². The van der Waals surface area contributed by atoms with Gasteiger partial charge in [0.1, 0.15) is 6.17 Å².